The van der Waals surface area contributed by atoms with Gasteiger partial charge >= 0.3 is 0 Å². The predicted molar refractivity (Wildman–Crippen MR) is 92.7 cm³/mol. The molecule has 1 unspecified atom stereocenters. The molecule has 0 spiro atoms. The maximum Gasteiger partial charge on any atom is 0.0133 e. The van der Waals surface area contributed by atoms with Crippen LogP contribution in [0.25, 0.3) is 0 Å². The smallest absolute Gasteiger partial charge is 0.0133 e. The summed E-state index contributed by atoms with van der Waals surface area (Å²) < 4.78 is 0. The van der Waals surface area contributed by atoms with Gasteiger partial charge in [0.05, 0.1) is 0 Å². The van der Waals surface area contributed by atoms with Crippen molar-refractivity contribution < 1.29 is 0 Å². The van der Waals surface area contributed by atoms with Crippen LogP contribution in [-0.2, 0) is 12.8 Å². The summed E-state index contributed by atoms with van der Waals surface area (Å²) in [5.41, 5.74) is 2.93. The first-order chi connectivity index (χ1) is 10.1. The van der Waals surface area contributed by atoms with E-state index in [2.05, 4.69) is 57.4 Å². The standard InChI is InChI=1S/C20H33N/c1-5-16-6-8-17(9-7-16)14-20(21-4)19-12-10-18(11-13-19)15(2)3/h6-9,15,18-21H,5,10-14H2,1-4H3. The Morgan fingerprint density at radius 1 is 0.952 bits per heavy atom. The summed E-state index contributed by atoms with van der Waals surface area (Å²) in [6.07, 6.45) is 7.97. The van der Waals surface area contributed by atoms with Gasteiger partial charge < -0.3 is 5.32 Å². The van der Waals surface area contributed by atoms with Gasteiger partial charge in [-0.2, -0.15) is 0 Å². The van der Waals surface area contributed by atoms with E-state index < -0.39 is 0 Å². The molecule has 1 nitrogen and oxygen atoms in total. The molecular weight excluding hydrogens is 254 g/mol. The fourth-order valence-corrected chi connectivity index (χ4v) is 3.88. The van der Waals surface area contributed by atoms with Crippen molar-refractivity contribution in [2.75, 3.05) is 7.05 Å². The SMILES string of the molecule is CCc1ccc(CC(NC)C2CCC(C(C)C)CC2)cc1. The van der Waals surface area contributed by atoms with Crippen LogP contribution in [-0.4, -0.2) is 13.1 Å². The first kappa shape index (κ1) is 16.5. The Morgan fingerprint density at radius 2 is 1.48 bits per heavy atom. The van der Waals surface area contributed by atoms with Crippen molar-refractivity contribution in [3.8, 4) is 0 Å². The van der Waals surface area contributed by atoms with Crippen LogP contribution in [0.4, 0.5) is 0 Å². The lowest BCUT2D eigenvalue weighted by atomic mass is 9.73. The topological polar surface area (TPSA) is 12.0 Å². The van der Waals surface area contributed by atoms with Crippen LogP contribution >= 0.6 is 0 Å². The molecule has 1 aliphatic carbocycles. The number of hydrogen-bond donors (Lipinski definition) is 1. The Labute approximate surface area is 131 Å². The second-order valence-corrected chi connectivity index (χ2v) is 7.19. The van der Waals surface area contributed by atoms with E-state index in [0.29, 0.717) is 6.04 Å². The number of hydrogen-bond acceptors (Lipinski definition) is 1. The summed E-state index contributed by atoms with van der Waals surface area (Å²) in [6, 6.07) is 9.87. The number of benzene rings is 1. The third-order valence-electron chi connectivity index (χ3n) is 5.59. The predicted octanol–water partition coefficient (Wildman–Crippen LogP) is 4.84. The zero-order chi connectivity index (χ0) is 15.2. The van der Waals surface area contributed by atoms with Crippen molar-refractivity contribution in [3.05, 3.63) is 35.4 Å². The Balaban J connectivity index is 1.90. The van der Waals surface area contributed by atoms with Gasteiger partial charge in [0.15, 0.2) is 0 Å². The van der Waals surface area contributed by atoms with Crippen LogP contribution < -0.4 is 5.32 Å². The molecule has 0 bridgehead atoms. The van der Waals surface area contributed by atoms with Crippen LogP contribution in [0, 0.1) is 17.8 Å². The molecule has 2 rings (SSSR count). The van der Waals surface area contributed by atoms with Gasteiger partial charge in [-0.05, 0) is 74.5 Å². The third kappa shape index (κ3) is 4.57. The third-order valence-corrected chi connectivity index (χ3v) is 5.59. The molecular formula is C20H33N. The van der Waals surface area contributed by atoms with Crippen LogP contribution in [0.1, 0.15) is 57.6 Å². The first-order valence-electron chi connectivity index (χ1n) is 8.89. The van der Waals surface area contributed by atoms with E-state index in [0.717, 1.165) is 24.2 Å². The van der Waals surface area contributed by atoms with Crippen molar-refractivity contribution in [2.45, 2.75) is 65.3 Å². The molecule has 1 aromatic carbocycles. The molecule has 1 saturated carbocycles. The lowest BCUT2D eigenvalue weighted by Crippen LogP contribution is -2.38. The van der Waals surface area contributed by atoms with E-state index in [-0.39, 0.29) is 0 Å². The van der Waals surface area contributed by atoms with Gasteiger partial charge in [-0.1, -0.05) is 45.0 Å². The second-order valence-electron chi connectivity index (χ2n) is 7.19. The van der Waals surface area contributed by atoms with Gasteiger partial charge in [0.2, 0.25) is 0 Å². The van der Waals surface area contributed by atoms with E-state index in [4.69, 9.17) is 0 Å². The second kappa shape index (κ2) is 7.98. The van der Waals surface area contributed by atoms with E-state index >= 15 is 0 Å². The Kier molecular flexibility index (Phi) is 6.29. The summed E-state index contributed by atoms with van der Waals surface area (Å²) in [5.74, 6) is 2.68. The van der Waals surface area contributed by atoms with Crippen LogP contribution in [0.3, 0.4) is 0 Å². The molecule has 1 aromatic rings. The van der Waals surface area contributed by atoms with Crippen LogP contribution in [0.15, 0.2) is 24.3 Å². The van der Waals surface area contributed by atoms with Crippen molar-refractivity contribution in [2.24, 2.45) is 17.8 Å². The highest BCUT2D eigenvalue weighted by molar-refractivity contribution is 5.23. The molecule has 1 fully saturated rings. The minimum Gasteiger partial charge on any atom is -0.316 e. The fraction of sp³-hybridized carbons (Fsp3) is 0.700. The summed E-state index contributed by atoms with van der Waals surface area (Å²) in [6.45, 7) is 6.99. The van der Waals surface area contributed by atoms with Gasteiger partial charge in [0.25, 0.3) is 0 Å². The molecule has 0 aromatic heterocycles. The number of rotatable bonds is 6. The van der Waals surface area contributed by atoms with E-state index in [9.17, 15) is 0 Å². The number of likely N-dealkylation sites (N-methyl/N-ethyl adjacent to an activating group) is 1. The maximum atomic E-state index is 3.59. The average molecular weight is 287 g/mol. The van der Waals surface area contributed by atoms with Crippen molar-refractivity contribution >= 4 is 0 Å². The highest BCUT2D eigenvalue weighted by Gasteiger charge is 2.28. The quantitative estimate of drug-likeness (QED) is 0.789. The lowest BCUT2D eigenvalue weighted by Gasteiger charge is -2.35. The van der Waals surface area contributed by atoms with Crippen molar-refractivity contribution in [1.29, 1.82) is 0 Å². The minimum atomic E-state index is 0.644. The van der Waals surface area contributed by atoms with Gasteiger partial charge in [-0.3, -0.25) is 0 Å². The largest absolute Gasteiger partial charge is 0.316 e. The summed E-state index contributed by atoms with van der Waals surface area (Å²) in [4.78, 5) is 0. The van der Waals surface area contributed by atoms with E-state index in [1.54, 1.807) is 0 Å². The zero-order valence-corrected chi connectivity index (χ0v) is 14.4. The number of nitrogens with one attached hydrogen (secondary N) is 1. The fourth-order valence-electron chi connectivity index (χ4n) is 3.88. The van der Waals surface area contributed by atoms with E-state index in [1.165, 1.54) is 43.2 Å². The zero-order valence-electron chi connectivity index (χ0n) is 14.4. The van der Waals surface area contributed by atoms with Crippen LogP contribution in [0.2, 0.25) is 0 Å². The Morgan fingerprint density at radius 3 is 1.95 bits per heavy atom. The lowest BCUT2D eigenvalue weighted by molar-refractivity contribution is 0.191. The number of aryl methyl sites for hydroxylation is 1. The molecule has 1 heteroatoms. The molecule has 1 atom stereocenters. The molecule has 0 aliphatic heterocycles. The van der Waals surface area contributed by atoms with E-state index in [1.807, 2.05) is 0 Å². The molecule has 0 radical (unpaired) electrons. The molecule has 118 valence electrons. The molecule has 0 amide bonds. The first-order valence-corrected chi connectivity index (χ1v) is 8.89. The van der Waals surface area contributed by atoms with Crippen LogP contribution in [0.5, 0.6) is 0 Å². The summed E-state index contributed by atoms with van der Waals surface area (Å²) >= 11 is 0. The van der Waals surface area contributed by atoms with Gasteiger partial charge in [-0.15, -0.1) is 0 Å². The van der Waals surface area contributed by atoms with Crippen molar-refractivity contribution in [1.82, 2.24) is 5.32 Å². The molecule has 1 aliphatic rings. The van der Waals surface area contributed by atoms with Crippen molar-refractivity contribution in [3.63, 3.8) is 0 Å². The minimum absolute atomic E-state index is 0.644. The Hall–Kier alpha value is -0.820. The van der Waals surface area contributed by atoms with Gasteiger partial charge in [-0.25, -0.2) is 0 Å². The normalized spacial score (nSPS) is 24.2. The summed E-state index contributed by atoms with van der Waals surface area (Å²) in [7, 11) is 2.14. The highest BCUT2D eigenvalue weighted by Crippen LogP contribution is 2.35. The molecule has 1 N–H and O–H groups in total. The highest BCUT2D eigenvalue weighted by atomic mass is 14.9. The van der Waals surface area contributed by atoms with Gasteiger partial charge in [0.1, 0.15) is 0 Å². The Bertz CT molecular complexity index is 398. The maximum absolute atomic E-state index is 3.59. The molecule has 0 saturated heterocycles. The molecule has 21 heavy (non-hydrogen) atoms. The van der Waals surface area contributed by atoms with Gasteiger partial charge in [0, 0.05) is 6.04 Å². The monoisotopic (exact) mass is 287 g/mol. The molecule has 0 heterocycles. The average Bonchev–Trinajstić information content (AvgIpc) is 2.53. The summed E-state index contributed by atoms with van der Waals surface area (Å²) in [5, 5.41) is 3.59.